The molecule has 3 aliphatic rings. The molecular formula is C23H31N5O3S. The fourth-order valence-electron chi connectivity index (χ4n) is 4.66. The summed E-state index contributed by atoms with van der Waals surface area (Å²) >= 11 is 1.79. The highest BCUT2D eigenvalue weighted by molar-refractivity contribution is 8.14. The number of nitrogens with zero attached hydrogens (tertiary/aromatic N) is 2. The van der Waals surface area contributed by atoms with Crippen LogP contribution in [-0.4, -0.2) is 84.7 Å². The molecule has 0 saturated carbocycles. The number of methoxy groups -OCH3 is 1. The summed E-state index contributed by atoms with van der Waals surface area (Å²) in [6.07, 6.45) is 2.01. The van der Waals surface area contributed by atoms with Gasteiger partial charge in [-0.1, -0.05) is 0 Å². The van der Waals surface area contributed by atoms with Crippen LogP contribution in [0, 0.1) is 0 Å². The van der Waals surface area contributed by atoms with Gasteiger partial charge < -0.3 is 25.1 Å². The van der Waals surface area contributed by atoms with Crippen LogP contribution in [0.1, 0.15) is 25.5 Å². The minimum Gasteiger partial charge on any atom is -0.497 e. The lowest BCUT2D eigenvalue weighted by atomic mass is 10.1. The smallest absolute Gasteiger partial charge is 0.234 e. The molecule has 0 radical (unpaired) electrons. The quantitative estimate of drug-likeness (QED) is 0.617. The second-order valence-corrected chi connectivity index (χ2v) is 9.74. The number of thioether (sulfide) groups is 1. The summed E-state index contributed by atoms with van der Waals surface area (Å²) in [5.41, 5.74) is 3.18. The van der Waals surface area contributed by atoms with Crippen LogP contribution in [0.2, 0.25) is 0 Å². The number of anilines is 1. The van der Waals surface area contributed by atoms with Gasteiger partial charge in [-0.2, -0.15) is 0 Å². The van der Waals surface area contributed by atoms with Crippen molar-refractivity contribution in [2.45, 2.75) is 37.9 Å². The third kappa shape index (κ3) is 4.46. The highest BCUT2D eigenvalue weighted by Crippen LogP contribution is 2.34. The van der Waals surface area contributed by atoms with Crippen molar-refractivity contribution in [1.82, 2.24) is 15.2 Å². The number of hydrogen-bond acceptors (Lipinski definition) is 7. The molecule has 172 valence electrons. The molecule has 9 heteroatoms. The van der Waals surface area contributed by atoms with Crippen LogP contribution in [0.4, 0.5) is 5.69 Å². The summed E-state index contributed by atoms with van der Waals surface area (Å²) in [7, 11) is 1.71. The molecule has 3 aliphatic heterocycles. The Labute approximate surface area is 192 Å². The van der Waals surface area contributed by atoms with Crippen molar-refractivity contribution in [2.24, 2.45) is 4.99 Å². The van der Waals surface area contributed by atoms with Crippen molar-refractivity contribution in [2.75, 3.05) is 51.0 Å². The summed E-state index contributed by atoms with van der Waals surface area (Å²) in [4.78, 5) is 22.7. The van der Waals surface area contributed by atoms with Crippen LogP contribution in [-0.2, 0) is 9.53 Å². The van der Waals surface area contributed by atoms with Crippen LogP contribution >= 0.6 is 11.8 Å². The molecule has 2 saturated heterocycles. The van der Waals surface area contributed by atoms with Gasteiger partial charge in [0.2, 0.25) is 5.91 Å². The monoisotopic (exact) mass is 457 g/mol. The molecule has 0 spiro atoms. The van der Waals surface area contributed by atoms with Crippen LogP contribution < -0.4 is 15.4 Å². The van der Waals surface area contributed by atoms with Crippen molar-refractivity contribution in [1.29, 1.82) is 0 Å². The molecule has 32 heavy (non-hydrogen) atoms. The largest absolute Gasteiger partial charge is 0.497 e. The number of aromatic nitrogens is 1. The maximum absolute atomic E-state index is 11.8. The Morgan fingerprint density at radius 3 is 2.94 bits per heavy atom. The number of aromatic amines is 1. The van der Waals surface area contributed by atoms with Gasteiger partial charge in [0.15, 0.2) is 0 Å². The van der Waals surface area contributed by atoms with Crippen molar-refractivity contribution in [3.05, 3.63) is 23.9 Å². The first-order chi connectivity index (χ1) is 15.6. The summed E-state index contributed by atoms with van der Waals surface area (Å²) in [5, 5.41) is 8.75. The van der Waals surface area contributed by atoms with E-state index in [-0.39, 0.29) is 18.0 Å². The highest BCUT2D eigenvalue weighted by atomic mass is 32.2. The van der Waals surface area contributed by atoms with E-state index in [9.17, 15) is 4.79 Å². The number of rotatable bonds is 6. The molecule has 5 rings (SSSR count). The van der Waals surface area contributed by atoms with Gasteiger partial charge in [0.1, 0.15) is 10.8 Å². The lowest BCUT2D eigenvalue weighted by molar-refractivity contribution is -0.124. The van der Waals surface area contributed by atoms with E-state index in [1.165, 1.54) is 0 Å². The first-order valence-corrected chi connectivity index (χ1v) is 12.4. The molecular weight excluding hydrogens is 426 g/mol. The van der Waals surface area contributed by atoms with Gasteiger partial charge in [-0.15, -0.1) is 11.8 Å². The van der Waals surface area contributed by atoms with Crippen LogP contribution in [0.5, 0.6) is 5.75 Å². The average molecular weight is 458 g/mol. The minimum atomic E-state index is 0.104. The van der Waals surface area contributed by atoms with Crippen LogP contribution in [0.3, 0.4) is 0 Å². The zero-order valence-corrected chi connectivity index (χ0v) is 19.5. The van der Waals surface area contributed by atoms with Crippen molar-refractivity contribution < 1.29 is 14.3 Å². The predicted molar refractivity (Wildman–Crippen MR) is 129 cm³/mol. The molecule has 0 aliphatic carbocycles. The Morgan fingerprint density at radius 2 is 2.16 bits per heavy atom. The lowest BCUT2D eigenvalue weighted by Gasteiger charge is -2.33. The summed E-state index contributed by atoms with van der Waals surface area (Å²) < 4.78 is 11.1. The summed E-state index contributed by atoms with van der Waals surface area (Å²) in [6.45, 7) is 5.83. The van der Waals surface area contributed by atoms with Crippen LogP contribution in [0.15, 0.2) is 23.2 Å². The topological polar surface area (TPSA) is 91.0 Å². The van der Waals surface area contributed by atoms with Crippen molar-refractivity contribution in [3.63, 3.8) is 0 Å². The second kappa shape index (κ2) is 9.33. The van der Waals surface area contributed by atoms with E-state index in [4.69, 9.17) is 14.5 Å². The number of carbonyl (C=O) groups excluding carboxylic acids is 1. The van der Waals surface area contributed by atoms with Crippen LogP contribution in [0.25, 0.3) is 10.9 Å². The van der Waals surface area contributed by atoms with E-state index in [0.29, 0.717) is 19.1 Å². The van der Waals surface area contributed by atoms with Gasteiger partial charge in [-0.05, 0) is 31.9 Å². The number of hydrogen-bond donors (Lipinski definition) is 3. The average Bonchev–Trinajstić information content (AvgIpc) is 3.46. The number of amides is 1. The predicted octanol–water partition coefficient (Wildman–Crippen LogP) is 2.45. The number of nitrogens with one attached hydrogen (secondary N) is 3. The summed E-state index contributed by atoms with van der Waals surface area (Å²) in [5.74, 6) is 1.88. The van der Waals surface area contributed by atoms with E-state index in [1.54, 1.807) is 18.9 Å². The minimum absolute atomic E-state index is 0.104. The molecule has 1 aromatic heterocycles. The standard InChI is InChI=1S/C23H31N5O3S/c1-14(28-6-5-24-21(29)12-28)20-13-32-23(27-20)19-10-15-9-17(30-2)11-18(22(15)26-19)25-16-3-7-31-8-4-16/h9-11,14,16,20,25-26H,3-8,12-13H2,1-2H3,(H,24,29). The van der Waals surface area contributed by atoms with E-state index < -0.39 is 0 Å². The Bertz CT molecular complexity index is 1020. The fraction of sp³-hybridized carbons (Fsp3) is 0.565. The Balaban J connectivity index is 1.38. The molecule has 1 amide bonds. The number of H-pyrrole nitrogens is 1. The molecule has 3 N–H and O–H groups in total. The Hall–Kier alpha value is -2.23. The number of benzene rings is 1. The van der Waals surface area contributed by atoms with Gasteiger partial charge in [-0.3, -0.25) is 14.7 Å². The van der Waals surface area contributed by atoms with Gasteiger partial charge >= 0.3 is 0 Å². The maximum atomic E-state index is 11.8. The number of aliphatic imine (C=N–C) groups is 1. The Morgan fingerprint density at radius 1 is 1.31 bits per heavy atom. The fourth-order valence-corrected chi connectivity index (χ4v) is 5.82. The molecule has 2 unspecified atom stereocenters. The number of fused-ring (bicyclic) bond motifs is 1. The van der Waals surface area contributed by atoms with Gasteiger partial charge in [0, 0.05) is 55.6 Å². The number of piperazine rings is 1. The molecule has 2 fully saturated rings. The zero-order chi connectivity index (χ0) is 22.1. The third-order valence-corrected chi connectivity index (χ3v) is 7.73. The van der Waals surface area contributed by atoms with E-state index in [0.717, 1.165) is 71.4 Å². The number of ether oxygens (including phenoxy) is 2. The second-order valence-electron chi connectivity index (χ2n) is 8.73. The van der Waals surface area contributed by atoms with E-state index in [1.807, 2.05) is 0 Å². The SMILES string of the molecule is COc1cc(NC2CCOCC2)c2[nH]c(C3=NC(C(C)N4CCNC(=O)C4)CS3)cc2c1. The zero-order valence-electron chi connectivity index (χ0n) is 18.6. The van der Waals surface area contributed by atoms with E-state index in [2.05, 4.69) is 45.6 Å². The molecule has 0 bridgehead atoms. The highest BCUT2D eigenvalue weighted by Gasteiger charge is 2.31. The molecule has 2 aromatic rings. The van der Waals surface area contributed by atoms with Gasteiger partial charge in [0.05, 0.1) is 36.6 Å². The Kier molecular flexibility index (Phi) is 6.30. The molecule has 8 nitrogen and oxygen atoms in total. The molecule has 2 atom stereocenters. The van der Waals surface area contributed by atoms with E-state index >= 15 is 0 Å². The number of carbonyl (C=O) groups is 1. The first-order valence-electron chi connectivity index (χ1n) is 11.4. The normalized spacial score (nSPS) is 23.8. The first kappa shape index (κ1) is 21.6. The lowest BCUT2D eigenvalue weighted by Crippen LogP contribution is -2.53. The maximum Gasteiger partial charge on any atom is 0.234 e. The van der Waals surface area contributed by atoms with Crippen molar-refractivity contribution in [3.8, 4) is 5.75 Å². The molecule has 1 aromatic carbocycles. The van der Waals surface area contributed by atoms with Gasteiger partial charge in [0.25, 0.3) is 0 Å². The molecule has 4 heterocycles. The van der Waals surface area contributed by atoms with Gasteiger partial charge in [-0.25, -0.2) is 0 Å². The summed E-state index contributed by atoms with van der Waals surface area (Å²) in [6, 6.07) is 7.12. The van der Waals surface area contributed by atoms with Crippen molar-refractivity contribution >= 4 is 39.3 Å². The third-order valence-electron chi connectivity index (χ3n) is 6.62.